The summed E-state index contributed by atoms with van der Waals surface area (Å²) in [4.78, 5) is 21.5. The summed E-state index contributed by atoms with van der Waals surface area (Å²) in [5.41, 5.74) is 0. The Balaban J connectivity index is 3.51. The molecule has 4 heteroatoms. The van der Waals surface area contributed by atoms with E-state index in [2.05, 4.69) is 4.74 Å². The number of ketones is 2. The van der Waals surface area contributed by atoms with E-state index in [1.807, 2.05) is 0 Å². The Hall–Kier alpha value is -0.740. The molecule has 0 aromatic rings. The summed E-state index contributed by atoms with van der Waals surface area (Å²) in [7, 11) is 1.45. The summed E-state index contributed by atoms with van der Waals surface area (Å²) in [6.45, 7) is 1.49. The van der Waals surface area contributed by atoms with Crippen molar-refractivity contribution in [3.8, 4) is 0 Å². The van der Waals surface area contributed by atoms with Crippen LogP contribution >= 0.6 is 0 Å². The second-order valence-corrected chi connectivity index (χ2v) is 3.07. The molecule has 0 aromatic heterocycles. The quantitative estimate of drug-likeness (QED) is 0.625. The lowest BCUT2D eigenvalue weighted by atomic mass is 10.1. The zero-order chi connectivity index (χ0) is 10.3. The highest BCUT2D eigenvalue weighted by atomic mass is 16.5. The van der Waals surface area contributed by atoms with Crippen LogP contribution in [0.5, 0.6) is 0 Å². The van der Waals surface area contributed by atoms with E-state index < -0.39 is 6.10 Å². The Morgan fingerprint density at radius 1 is 1.46 bits per heavy atom. The Kier molecular flexibility index (Phi) is 6.36. The standard InChI is InChI=1S/C9H16O4/c1-7(10)5-8(11)3-4-9(12)6-13-2/h8,11H,3-6H2,1-2H3. The van der Waals surface area contributed by atoms with Gasteiger partial charge in [0.25, 0.3) is 0 Å². The predicted octanol–water partition coefficient (Wildman–Crippen LogP) is 0.322. The van der Waals surface area contributed by atoms with Gasteiger partial charge in [0.1, 0.15) is 12.4 Å². The molecule has 0 spiro atoms. The number of carbonyl (C=O) groups excluding carboxylic acids is 2. The average Bonchev–Trinajstić information content (AvgIpc) is 2.00. The van der Waals surface area contributed by atoms with E-state index in [1.165, 1.54) is 14.0 Å². The van der Waals surface area contributed by atoms with Crippen molar-refractivity contribution in [2.75, 3.05) is 13.7 Å². The van der Waals surface area contributed by atoms with Crippen LogP contribution < -0.4 is 0 Å². The van der Waals surface area contributed by atoms with Gasteiger partial charge in [-0.1, -0.05) is 0 Å². The van der Waals surface area contributed by atoms with Gasteiger partial charge in [-0.3, -0.25) is 9.59 Å². The first-order valence-electron chi connectivity index (χ1n) is 4.24. The minimum absolute atomic E-state index is 0.0508. The minimum Gasteiger partial charge on any atom is -0.393 e. The van der Waals surface area contributed by atoms with Crippen molar-refractivity contribution in [3.63, 3.8) is 0 Å². The second-order valence-electron chi connectivity index (χ2n) is 3.07. The number of carbonyl (C=O) groups is 2. The molecule has 0 bridgehead atoms. The van der Waals surface area contributed by atoms with Gasteiger partial charge >= 0.3 is 0 Å². The normalized spacial score (nSPS) is 12.5. The number of aliphatic hydroxyl groups excluding tert-OH is 1. The fourth-order valence-electron chi connectivity index (χ4n) is 0.995. The number of ether oxygens (including phenoxy) is 1. The third-order valence-electron chi connectivity index (χ3n) is 1.58. The molecule has 1 unspecified atom stereocenters. The molecule has 0 rings (SSSR count). The first-order chi connectivity index (χ1) is 6.06. The molecule has 0 aliphatic rings. The van der Waals surface area contributed by atoms with Crippen molar-refractivity contribution in [1.29, 1.82) is 0 Å². The number of Topliss-reactive ketones (excluding diaryl/α,β-unsaturated/α-hetero) is 2. The molecule has 4 nitrogen and oxygen atoms in total. The van der Waals surface area contributed by atoms with Crippen molar-refractivity contribution < 1.29 is 19.4 Å². The lowest BCUT2D eigenvalue weighted by Crippen LogP contribution is -2.15. The number of methoxy groups -OCH3 is 1. The molecule has 76 valence electrons. The molecule has 0 aliphatic heterocycles. The van der Waals surface area contributed by atoms with Gasteiger partial charge in [0, 0.05) is 20.0 Å². The summed E-state index contributed by atoms with van der Waals surface area (Å²) in [6, 6.07) is 0. The van der Waals surface area contributed by atoms with Gasteiger partial charge in [-0.05, 0) is 13.3 Å². The van der Waals surface area contributed by atoms with Crippen molar-refractivity contribution in [3.05, 3.63) is 0 Å². The summed E-state index contributed by atoms with van der Waals surface area (Å²) < 4.78 is 4.62. The molecule has 13 heavy (non-hydrogen) atoms. The summed E-state index contributed by atoms with van der Waals surface area (Å²) in [5, 5.41) is 9.22. The van der Waals surface area contributed by atoms with E-state index >= 15 is 0 Å². The molecule has 0 heterocycles. The molecule has 0 fully saturated rings. The van der Waals surface area contributed by atoms with Gasteiger partial charge in [-0.15, -0.1) is 0 Å². The largest absolute Gasteiger partial charge is 0.393 e. The zero-order valence-electron chi connectivity index (χ0n) is 8.08. The summed E-state index contributed by atoms with van der Waals surface area (Å²) in [6.07, 6.45) is 0.0305. The van der Waals surface area contributed by atoms with Crippen molar-refractivity contribution in [1.82, 2.24) is 0 Å². The Bertz CT molecular complexity index is 176. The van der Waals surface area contributed by atoms with Crippen LogP contribution in [-0.4, -0.2) is 36.5 Å². The van der Waals surface area contributed by atoms with Crippen LogP contribution in [0.1, 0.15) is 26.2 Å². The van der Waals surface area contributed by atoms with E-state index in [9.17, 15) is 14.7 Å². The van der Waals surface area contributed by atoms with Crippen LogP contribution in [0.2, 0.25) is 0 Å². The summed E-state index contributed by atoms with van der Waals surface area (Å²) >= 11 is 0. The van der Waals surface area contributed by atoms with Crippen molar-refractivity contribution in [2.24, 2.45) is 0 Å². The van der Waals surface area contributed by atoms with Gasteiger partial charge in [0.05, 0.1) is 6.10 Å². The molecule has 1 atom stereocenters. The maximum atomic E-state index is 10.9. The fraction of sp³-hybridized carbons (Fsp3) is 0.778. The lowest BCUT2D eigenvalue weighted by Gasteiger charge is -2.06. The van der Waals surface area contributed by atoms with Gasteiger partial charge in [-0.25, -0.2) is 0 Å². The van der Waals surface area contributed by atoms with E-state index in [0.29, 0.717) is 6.42 Å². The van der Waals surface area contributed by atoms with Crippen molar-refractivity contribution >= 4 is 11.6 Å². The lowest BCUT2D eigenvalue weighted by molar-refractivity contribution is -0.124. The first-order valence-corrected chi connectivity index (χ1v) is 4.24. The van der Waals surface area contributed by atoms with Crippen LogP contribution in [0.25, 0.3) is 0 Å². The molecule has 1 N–H and O–H groups in total. The van der Waals surface area contributed by atoms with Crippen molar-refractivity contribution in [2.45, 2.75) is 32.3 Å². The van der Waals surface area contributed by atoms with Gasteiger partial charge in [0.2, 0.25) is 0 Å². The van der Waals surface area contributed by atoms with Gasteiger partial charge < -0.3 is 9.84 Å². The smallest absolute Gasteiger partial charge is 0.158 e. The maximum absolute atomic E-state index is 10.9. The molecule has 0 radical (unpaired) electrons. The topological polar surface area (TPSA) is 63.6 Å². The molecule has 0 aliphatic carbocycles. The molecule has 0 aromatic carbocycles. The third kappa shape index (κ3) is 7.62. The van der Waals surface area contributed by atoms with E-state index in [1.54, 1.807) is 0 Å². The molecule has 0 saturated carbocycles. The summed E-state index contributed by atoms with van der Waals surface area (Å²) in [5.74, 6) is -0.114. The molecular formula is C9H16O4. The van der Waals surface area contributed by atoms with E-state index in [0.717, 1.165) is 0 Å². The predicted molar refractivity (Wildman–Crippen MR) is 47.4 cm³/mol. The second kappa shape index (κ2) is 6.74. The number of hydrogen-bond acceptors (Lipinski definition) is 4. The average molecular weight is 188 g/mol. The number of rotatable bonds is 7. The van der Waals surface area contributed by atoms with Crippen LogP contribution in [0.15, 0.2) is 0 Å². The maximum Gasteiger partial charge on any atom is 0.158 e. The van der Waals surface area contributed by atoms with Crippen LogP contribution in [0.4, 0.5) is 0 Å². The zero-order valence-corrected chi connectivity index (χ0v) is 8.08. The van der Waals surface area contributed by atoms with Gasteiger partial charge in [-0.2, -0.15) is 0 Å². The number of aliphatic hydroxyl groups is 1. The van der Waals surface area contributed by atoms with Crippen LogP contribution in [0.3, 0.4) is 0 Å². The monoisotopic (exact) mass is 188 g/mol. The number of hydrogen-bond donors (Lipinski definition) is 1. The van der Waals surface area contributed by atoms with E-state index in [4.69, 9.17) is 0 Å². The van der Waals surface area contributed by atoms with E-state index in [-0.39, 0.29) is 31.0 Å². The fourth-order valence-corrected chi connectivity index (χ4v) is 0.995. The highest BCUT2D eigenvalue weighted by Gasteiger charge is 2.09. The van der Waals surface area contributed by atoms with Crippen LogP contribution in [0, 0.1) is 0 Å². The SMILES string of the molecule is COCC(=O)CCC(O)CC(C)=O. The molecular weight excluding hydrogens is 172 g/mol. The first kappa shape index (κ1) is 12.3. The highest BCUT2D eigenvalue weighted by Crippen LogP contribution is 2.02. The Morgan fingerprint density at radius 2 is 2.08 bits per heavy atom. The molecule has 0 amide bonds. The third-order valence-corrected chi connectivity index (χ3v) is 1.58. The highest BCUT2D eigenvalue weighted by molar-refractivity contribution is 5.80. The molecule has 0 saturated heterocycles. The Morgan fingerprint density at radius 3 is 2.54 bits per heavy atom. The van der Waals surface area contributed by atoms with Crippen LogP contribution in [-0.2, 0) is 14.3 Å². The minimum atomic E-state index is -0.696. The van der Waals surface area contributed by atoms with Gasteiger partial charge in [0.15, 0.2) is 5.78 Å². The Labute approximate surface area is 77.9 Å².